The summed E-state index contributed by atoms with van der Waals surface area (Å²) in [5.41, 5.74) is 2.34. The SMILES string of the molecule is CNc1nc(-c2sccc2C)nc(C(C)C)c1I. The third-order valence-corrected chi connectivity index (χ3v) is 4.80. The van der Waals surface area contributed by atoms with Crippen LogP contribution in [0, 0.1) is 10.5 Å². The molecule has 0 aliphatic heterocycles. The van der Waals surface area contributed by atoms with Crippen LogP contribution in [0.25, 0.3) is 10.7 Å². The smallest absolute Gasteiger partial charge is 0.172 e. The number of aryl methyl sites for hydroxylation is 1. The van der Waals surface area contributed by atoms with E-state index in [1.54, 1.807) is 11.3 Å². The zero-order valence-corrected chi connectivity index (χ0v) is 13.9. The van der Waals surface area contributed by atoms with Crippen LogP contribution in [0.4, 0.5) is 5.82 Å². The Balaban J connectivity index is 2.63. The van der Waals surface area contributed by atoms with Crippen molar-refractivity contribution in [2.45, 2.75) is 26.7 Å². The molecule has 0 unspecified atom stereocenters. The summed E-state index contributed by atoms with van der Waals surface area (Å²) in [5, 5.41) is 5.24. The highest BCUT2D eigenvalue weighted by molar-refractivity contribution is 14.1. The second kappa shape index (κ2) is 5.52. The number of aromatic nitrogens is 2. The third-order valence-electron chi connectivity index (χ3n) is 2.73. The number of nitrogens with one attached hydrogen (secondary N) is 1. The van der Waals surface area contributed by atoms with E-state index >= 15 is 0 Å². The quantitative estimate of drug-likeness (QED) is 0.816. The molecule has 0 bridgehead atoms. The van der Waals surface area contributed by atoms with E-state index in [4.69, 9.17) is 4.98 Å². The molecule has 96 valence electrons. The fourth-order valence-electron chi connectivity index (χ4n) is 1.72. The normalized spacial score (nSPS) is 11.0. The number of anilines is 1. The van der Waals surface area contributed by atoms with Crippen molar-refractivity contribution in [3.05, 3.63) is 26.3 Å². The van der Waals surface area contributed by atoms with Crippen molar-refractivity contribution in [2.24, 2.45) is 0 Å². The molecular weight excluding hydrogens is 357 g/mol. The lowest BCUT2D eigenvalue weighted by atomic mass is 10.1. The summed E-state index contributed by atoms with van der Waals surface area (Å²) in [4.78, 5) is 10.5. The molecule has 2 heterocycles. The molecule has 0 fully saturated rings. The Hall–Kier alpha value is -0.690. The standard InChI is InChI=1S/C13H16IN3S/c1-7(2)10-9(14)12(15-4)17-13(16-10)11-8(3)5-6-18-11/h5-7H,1-4H3,(H,15,16,17). The number of hydrogen-bond donors (Lipinski definition) is 1. The molecule has 2 aromatic rings. The highest BCUT2D eigenvalue weighted by Gasteiger charge is 2.16. The minimum Gasteiger partial charge on any atom is -0.372 e. The van der Waals surface area contributed by atoms with Gasteiger partial charge in [0.25, 0.3) is 0 Å². The lowest BCUT2D eigenvalue weighted by Gasteiger charge is -2.13. The molecule has 0 saturated carbocycles. The van der Waals surface area contributed by atoms with Gasteiger partial charge in [0.15, 0.2) is 5.82 Å². The lowest BCUT2D eigenvalue weighted by Crippen LogP contribution is -2.06. The molecule has 18 heavy (non-hydrogen) atoms. The van der Waals surface area contributed by atoms with Crippen LogP contribution in [0.5, 0.6) is 0 Å². The highest BCUT2D eigenvalue weighted by Crippen LogP contribution is 2.31. The third kappa shape index (κ3) is 2.51. The van der Waals surface area contributed by atoms with Gasteiger partial charge in [0, 0.05) is 7.05 Å². The van der Waals surface area contributed by atoms with Gasteiger partial charge in [-0.05, 0) is 52.4 Å². The van der Waals surface area contributed by atoms with Crippen LogP contribution in [0.2, 0.25) is 0 Å². The van der Waals surface area contributed by atoms with Gasteiger partial charge in [0.05, 0.1) is 14.1 Å². The first-order chi connectivity index (χ1) is 8.54. The van der Waals surface area contributed by atoms with E-state index in [1.165, 1.54) is 5.56 Å². The van der Waals surface area contributed by atoms with Gasteiger partial charge < -0.3 is 5.32 Å². The monoisotopic (exact) mass is 373 g/mol. The minimum atomic E-state index is 0.394. The number of hydrogen-bond acceptors (Lipinski definition) is 4. The van der Waals surface area contributed by atoms with Gasteiger partial charge in [-0.3, -0.25) is 0 Å². The topological polar surface area (TPSA) is 37.8 Å². The molecule has 0 amide bonds. The highest BCUT2D eigenvalue weighted by atomic mass is 127. The van der Waals surface area contributed by atoms with Gasteiger partial charge >= 0.3 is 0 Å². The lowest BCUT2D eigenvalue weighted by molar-refractivity contribution is 0.809. The molecule has 2 rings (SSSR count). The summed E-state index contributed by atoms with van der Waals surface area (Å²) in [5.74, 6) is 2.14. The van der Waals surface area contributed by atoms with Crippen LogP contribution in [-0.2, 0) is 0 Å². The van der Waals surface area contributed by atoms with E-state index in [-0.39, 0.29) is 0 Å². The maximum atomic E-state index is 4.74. The molecule has 5 heteroatoms. The van der Waals surface area contributed by atoms with Crippen LogP contribution in [0.3, 0.4) is 0 Å². The van der Waals surface area contributed by atoms with Crippen molar-refractivity contribution in [1.29, 1.82) is 0 Å². The van der Waals surface area contributed by atoms with Crippen LogP contribution >= 0.6 is 33.9 Å². The Morgan fingerprint density at radius 1 is 1.33 bits per heavy atom. The number of nitrogens with zero attached hydrogens (tertiary/aromatic N) is 2. The number of rotatable bonds is 3. The summed E-state index contributed by atoms with van der Waals surface area (Å²) < 4.78 is 1.11. The summed E-state index contributed by atoms with van der Waals surface area (Å²) in [6.45, 7) is 6.42. The molecule has 2 aromatic heterocycles. The predicted molar refractivity (Wildman–Crippen MR) is 86.4 cm³/mol. The van der Waals surface area contributed by atoms with Crippen LogP contribution in [0.15, 0.2) is 11.4 Å². The van der Waals surface area contributed by atoms with Crippen molar-refractivity contribution in [3.63, 3.8) is 0 Å². The molecule has 0 aromatic carbocycles. The van der Waals surface area contributed by atoms with E-state index in [2.05, 4.69) is 65.1 Å². The van der Waals surface area contributed by atoms with E-state index in [1.807, 2.05) is 7.05 Å². The van der Waals surface area contributed by atoms with Crippen LogP contribution < -0.4 is 5.32 Å². The van der Waals surface area contributed by atoms with Gasteiger partial charge in [-0.1, -0.05) is 13.8 Å². The van der Waals surface area contributed by atoms with Crippen molar-refractivity contribution < 1.29 is 0 Å². The van der Waals surface area contributed by atoms with E-state index in [0.717, 1.165) is 25.8 Å². The molecule has 3 nitrogen and oxygen atoms in total. The van der Waals surface area contributed by atoms with E-state index < -0.39 is 0 Å². The zero-order chi connectivity index (χ0) is 13.3. The van der Waals surface area contributed by atoms with Crippen molar-refractivity contribution in [3.8, 4) is 10.7 Å². The van der Waals surface area contributed by atoms with Gasteiger partial charge in [-0.25, -0.2) is 9.97 Å². The largest absolute Gasteiger partial charge is 0.372 e. The summed E-state index contributed by atoms with van der Waals surface area (Å²) in [7, 11) is 1.90. The van der Waals surface area contributed by atoms with E-state index in [0.29, 0.717) is 5.92 Å². The second-order valence-corrected chi connectivity index (χ2v) is 6.43. The predicted octanol–water partition coefficient (Wildman–Crippen LogP) is 4.28. The average molecular weight is 373 g/mol. The van der Waals surface area contributed by atoms with Crippen molar-refractivity contribution in [1.82, 2.24) is 9.97 Å². The summed E-state index contributed by atoms with van der Waals surface area (Å²) >= 11 is 4.01. The first-order valence-corrected chi connectivity index (χ1v) is 7.80. The fourth-order valence-corrected chi connectivity index (χ4v) is 3.71. The molecular formula is C13H16IN3S. The number of halogens is 1. The Morgan fingerprint density at radius 3 is 2.56 bits per heavy atom. The Bertz CT molecular complexity index is 563. The van der Waals surface area contributed by atoms with Gasteiger partial charge in [-0.2, -0.15) is 0 Å². The molecule has 0 aliphatic rings. The van der Waals surface area contributed by atoms with Crippen molar-refractivity contribution >= 4 is 39.7 Å². The van der Waals surface area contributed by atoms with Crippen molar-refractivity contribution in [2.75, 3.05) is 12.4 Å². The molecule has 0 radical (unpaired) electrons. The first-order valence-electron chi connectivity index (χ1n) is 5.84. The summed E-state index contributed by atoms with van der Waals surface area (Å²) in [6, 6.07) is 2.11. The van der Waals surface area contributed by atoms with Crippen LogP contribution in [0.1, 0.15) is 31.0 Å². The van der Waals surface area contributed by atoms with Gasteiger partial charge in [0.2, 0.25) is 0 Å². The second-order valence-electron chi connectivity index (χ2n) is 4.43. The van der Waals surface area contributed by atoms with Gasteiger partial charge in [-0.15, -0.1) is 11.3 Å². The minimum absolute atomic E-state index is 0.394. The summed E-state index contributed by atoms with van der Waals surface area (Å²) in [6.07, 6.45) is 0. The Kier molecular flexibility index (Phi) is 4.21. The first kappa shape index (κ1) is 13.7. The van der Waals surface area contributed by atoms with Crippen LogP contribution in [-0.4, -0.2) is 17.0 Å². The maximum Gasteiger partial charge on any atom is 0.172 e. The van der Waals surface area contributed by atoms with E-state index in [9.17, 15) is 0 Å². The van der Waals surface area contributed by atoms with Gasteiger partial charge in [0.1, 0.15) is 5.82 Å². The molecule has 0 saturated heterocycles. The zero-order valence-electron chi connectivity index (χ0n) is 10.9. The Morgan fingerprint density at radius 2 is 2.06 bits per heavy atom. The molecule has 0 aliphatic carbocycles. The maximum absolute atomic E-state index is 4.74. The average Bonchev–Trinajstić information content (AvgIpc) is 2.75. The Labute approximate surface area is 125 Å². The fraction of sp³-hybridized carbons (Fsp3) is 0.385. The molecule has 1 N–H and O–H groups in total. The molecule has 0 spiro atoms. The number of thiophene rings is 1. The molecule has 0 atom stereocenters.